The van der Waals surface area contributed by atoms with Crippen molar-refractivity contribution in [2.75, 3.05) is 6.61 Å². The smallest absolute Gasteiger partial charge is 0.146 e. The van der Waals surface area contributed by atoms with Crippen LogP contribution in [0.4, 0.5) is 0 Å². The van der Waals surface area contributed by atoms with Crippen molar-refractivity contribution in [2.45, 2.75) is 44.9 Å². The number of hydrogen-bond acceptors (Lipinski definition) is 5. The molecule has 1 aromatic rings. The summed E-state index contributed by atoms with van der Waals surface area (Å²) in [5.74, 6) is 0.581. The summed E-state index contributed by atoms with van der Waals surface area (Å²) in [6.45, 7) is 3.95. The molecule has 1 aromatic heterocycles. The molecule has 0 bridgehead atoms. The maximum absolute atomic E-state index is 5.69. The van der Waals surface area contributed by atoms with Gasteiger partial charge >= 0.3 is 0 Å². The fourth-order valence-electron chi connectivity index (χ4n) is 1.98. The van der Waals surface area contributed by atoms with E-state index in [1.54, 1.807) is 11.3 Å². The van der Waals surface area contributed by atoms with E-state index >= 15 is 0 Å². The first kappa shape index (κ1) is 10.6. The second kappa shape index (κ2) is 4.39. The quantitative estimate of drug-likeness (QED) is 0.871. The van der Waals surface area contributed by atoms with Crippen molar-refractivity contribution in [2.24, 2.45) is 5.92 Å². The molecule has 4 nitrogen and oxygen atoms in total. The van der Waals surface area contributed by atoms with Crippen LogP contribution >= 0.6 is 11.3 Å². The molecule has 0 aromatic carbocycles. The first-order valence-electron chi connectivity index (χ1n) is 6.00. The maximum atomic E-state index is 5.69. The van der Waals surface area contributed by atoms with Gasteiger partial charge in [-0.15, -0.1) is 10.2 Å². The van der Waals surface area contributed by atoms with E-state index in [2.05, 4.69) is 22.4 Å². The molecule has 2 atom stereocenters. The van der Waals surface area contributed by atoms with E-state index in [1.165, 1.54) is 12.8 Å². The molecule has 0 spiro atoms. The minimum atomic E-state index is 0.187. The lowest BCUT2D eigenvalue weighted by Crippen LogP contribution is -2.14. The summed E-state index contributed by atoms with van der Waals surface area (Å²) in [6, 6.07) is 0.731. The van der Waals surface area contributed by atoms with Crippen LogP contribution < -0.4 is 5.32 Å². The molecule has 88 valence electrons. The van der Waals surface area contributed by atoms with Gasteiger partial charge in [0.2, 0.25) is 0 Å². The van der Waals surface area contributed by atoms with Crippen LogP contribution in [0.5, 0.6) is 0 Å². The summed E-state index contributed by atoms with van der Waals surface area (Å²) in [4.78, 5) is 0. The van der Waals surface area contributed by atoms with E-state index in [9.17, 15) is 0 Å². The van der Waals surface area contributed by atoms with E-state index in [1.807, 2.05) is 0 Å². The van der Waals surface area contributed by atoms with E-state index in [4.69, 9.17) is 4.74 Å². The summed E-state index contributed by atoms with van der Waals surface area (Å²) in [7, 11) is 0. The fourth-order valence-corrected chi connectivity index (χ4v) is 2.96. The average molecular weight is 239 g/mol. The monoisotopic (exact) mass is 239 g/mol. The van der Waals surface area contributed by atoms with Crippen molar-refractivity contribution in [3.63, 3.8) is 0 Å². The molecule has 2 fully saturated rings. The molecular formula is C11H17N3OS. The number of aromatic nitrogens is 2. The molecule has 2 heterocycles. The van der Waals surface area contributed by atoms with E-state index in [0.717, 1.165) is 35.6 Å². The average Bonchev–Trinajstić information content (AvgIpc) is 2.82. The Hall–Kier alpha value is -0.520. The second-order valence-electron chi connectivity index (χ2n) is 4.75. The Balaban J connectivity index is 1.62. The second-order valence-corrected chi connectivity index (χ2v) is 5.84. The first-order chi connectivity index (χ1) is 7.83. The summed E-state index contributed by atoms with van der Waals surface area (Å²) in [6.07, 6.45) is 3.95. The van der Waals surface area contributed by atoms with Crippen LogP contribution in [-0.2, 0) is 11.3 Å². The van der Waals surface area contributed by atoms with Gasteiger partial charge in [-0.25, -0.2) is 0 Å². The number of nitrogens with one attached hydrogen (secondary N) is 1. The zero-order valence-electron chi connectivity index (χ0n) is 9.48. The summed E-state index contributed by atoms with van der Waals surface area (Å²) < 4.78 is 5.69. The van der Waals surface area contributed by atoms with Crippen LogP contribution in [0.2, 0.25) is 0 Å². The predicted molar refractivity (Wildman–Crippen MR) is 62.2 cm³/mol. The standard InChI is InChI=1S/C11H17N3OS/c1-7-4-5-15-10(7)11-14-13-9(16-11)6-12-8-2-3-8/h7-8,10,12H,2-6H2,1H3. The van der Waals surface area contributed by atoms with Crippen LogP contribution in [0.25, 0.3) is 0 Å². The molecule has 0 radical (unpaired) electrons. The fraction of sp³-hybridized carbons (Fsp3) is 0.818. The lowest BCUT2D eigenvalue weighted by Gasteiger charge is -2.09. The zero-order valence-corrected chi connectivity index (χ0v) is 10.3. The zero-order chi connectivity index (χ0) is 11.0. The van der Waals surface area contributed by atoms with E-state index in [-0.39, 0.29) is 6.10 Å². The Morgan fingerprint density at radius 1 is 1.38 bits per heavy atom. The van der Waals surface area contributed by atoms with Crippen LogP contribution in [-0.4, -0.2) is 22.8 Å². The van der Waals surface area contributed by atoms with Crippen molar-refractivity contribution in [1.29, 1.82) is 0 Å². The highest BCUT2D eigenvalue weighted by molar-refractivity contribution is 7.11. The van der Waals surface area contributed by atoms with Gasteiger partial charge in [-0.05, 0) is 25.2 Å². The molecule has 1 N–H and O–H groups in total. The van der Waals surface area contributed by atoms with Crippen molar-refractivity contribution in [3.8, 4) is 0 Å². The molecule has 1 aliphatic heterocycles. The highest BCUT2D eigenvalue weighted by Crippen LogP contribution is 2.35. The van der Waals surface area contributed by atoms with Gasteiger partial charge in [0, 0.05) is 19.2 Å². The predicted octanol–water partition coefficient (Wildman–Crippen LogP) is 1.89. The maximum Gasteiger partial charge on any atom is 0.146 e. The molecule has 16 heavy (non-hydrogen) atoms. The summed E-state index contributed by atoms with van der Waals surface area (Å²) in [5.41, 5.74) is 0. The molecule has 1 saturated heterocycles. The molecule has 3 rings (SSSR count). The van der Waals surface area contributed by atoms with Crippen molar-refractivity contribution in [1.82, 2.24) is 15.5 Å². The normalized spacial score (nSPS) is 29.8. The Morgan fingerprint density at radius 2 is 2.25 bits per heavy atom. The first-order valence-corrected chi connectivity index (χ1v) is 6.82. The van der Waals surface area contributed by atoms with Gasteiger partial charge in [-0.3, -0.25) is 0 Å². The summed E-state index contributed by atoms with van der Waals surface area (Å²) in [5, 5.41) is 14.1. The van der Waals surface area contributed by atoms with Crippen LogP contribution in [0.15, 0.2) is 0 Å². The molecule has 0 amide bonds. The lowest BCUT2D eigenvalue weighted by atomic mass is 10.1. The molecular weight excluding hydrogens is 222 g/mol. The van der Waals surface area contributed by atoms with Crippen molar-refractivity contribution >= 4 is 11.3 Å². The van der Waals surface area contributed by atoms with E-state index < -0.39 is 0 Å². The Bertz CT molecular complexity index is 364. The highest BCUT2D eigenvalue weighted by Gasteiger charge is 2.29. The third-order valence-electron chi connectivity index (χ3n) is 3.23. The van der Waals surface area contributed by atoms with Gasteiger partial charge in [-0.1, -0.05) is 18.3 Å². The highest BCUT2D eigenvalue weighted by atomic mass is 32.1. The Kier molecular flexibility index (Phi) is 2.91. The van der Waals surface area contributed by atoms with Crippen LogP contribution in [0.1, 0.15) is 42.3 Å². The van der Waals surface area contributed by atoms with Gasteiger partial charge in [0.15, 0.2) is 0 Å². The summed E-state index contributed by atoms with van der Waals surface area (Å²) >= 11 is 1.69. The third-order valence-corrected chi connectivity index (χ3v) is 4.22. The number of hydrogen-bond donors (Lipinski definition) is 1. The third kappa shape index (κ3) is 2.26. The molecule has 5 heteroatoms. The van der Waals surface area contributed by atoms with Crippen molar-refractivity contribution < 1.29 is 4.74 Å². The van der Waals surface area contributed by atoms with Crippen LogP contribution in [0.3, 0.4) is 0 Å². The Labute approximate surface area is 99.4 Å². The van der Waals surface area contributed by atoms with Gasteiger partial charge < -0.3 is 10.1 Å². The van der Waals surface area contributed by atoms with Crippen LogP contribution in [0, 0.1) is 5.92 Å². The molecule has 1 aliphatic carbocycles. The largest absolute Gasteiger partial charge is 0.371 e. The van der Waals surface area contributed by atoms with Gasteiger partial charge in [0.05, 0.1) is 0 Å². The number of nitrogens with zero attached hydrogens (tertiary/aromatic N) is 2. The molecule has 2 unspecified atom stereocenters. The molecule has 2 aliphatic rings. The minimum absolute atomic E-state index is 0.187. The van der Waals surface area contributed by atoms with Gasteiger partial charge in [0.25, 0.3) is 0 Å². The van der Waals surface area contributed by atoms with Gasteiger partial charge in [0.1, 0.15) is 16.1 Å². The van der Waals surface area contributed by atoms with Crippen molar-refractivity contribution in [3.05, 3.63) is 10.0 Å². The van der Waals surface area contributed by atoms with E-state index in [0.29, 0.717) is 5.92 Å². The molecule has 1 saturated carbocycles. The topological polar surface area (TPSA) is 47.0 Å². The number of rotatable bonds is 4. The minimum Gasteiger partial charge on any atom is -0.371 e. The Morgan fingerprint density at radius 3 is 2.94 bits per heavy atom. The lowest BCUT2D eigenvalue weighted by molar-refractivity contribution is 0.0937. The number of ether oxygens (including phenoxy) is 1. The van der Waals surface area contributed by atoms with Gasteiger partial charge in [-0.2, -0.15) is 0 Å². The SMILES string of the molecule is CC1CCOC1c1nnc(CNC2CC2)s1.